The van der Waals surface area contributed by atoms with E-state index in [1.807, 2.05) is 41.1 Å². The van der Waals surface area contributed by atoms with Crippen molar-refractivity contribution in [3.05, 3.63) is 84.4 Å². The number of aryl methyl sites for hydroxylation is 1. The molecule has 0 saturated carbocycles. The van der Waals surface area contributed by atoms with E-state index in [2.05, 4.69) is 10.3 Å². The molecule has 2 aromatic carbocycles. The number of hydrogen-bond donors (Lipinski definition) is 2. The van der Waals surface area contributed by atoms with Gasteiger partial charge in [0.1, 0.15) is 18.3 Å². The molecule has 1 atom stereocenters. The molecule has 7 nitrogen and oxygen atoms in total. The number of hydrogen-bond acceptors (Lipinski definition) is 4. The van der Waals surface area contributed by atoms with Crippen LogP contribution in [0.4, 0.5) is 0 Å². The van der Waals surface area contributed by atoms with Gasteiger partial charge >= 0.3 is 0 Å². The number of carbonyl (C=O) groups excluding carboxylic acids is 2. The first-order valence-corrected chi connectivity index (χ1v) is 9.43. The number of nitrogens with one attached hydrogen (secondary N) is 1. The molecule has 0 aliphatic rings. The second-order valence-electron chi connectivity index (χ2n) is 6.62. The maximum Gasteiger partial charge on any atom is 0.237 e. The van der Waals surface area contributed by atoms with E-state index < -0.39 is 17.7 Å². The minimum absolute atomic E-state index is 0.402. The Balaban J connectivity index is 1.53. The minimum Gasteiger partial charge on any atom is -0.489 e. The molecule has 0 radical (unpaired) electrons. The molecule has 150 valence electrons. The topological polar surface area (TPSA) is 99.2 Å². The summed E-state index contributed by atoms with van der Waals surface area (Å²) in [5.41, 5.74) is 7.08. The van der Waals surface area contributed by atoms with Crippen LogP contribution in [0.15, 0.2) is 73.3 Å². The molecule has 1 aromatic heterocycles. The zero-order chi connectivity index (χ0) is 20.5. The van der Waals surface area contributed by atoms with Gasteiger partial charge in [-0.05, 0) is 29.7 Å². The average Bonchev–Trinajstić information content (AvgIpc) is 3.25. The van der Waals surface area contributed by atoms with Crippen molar-refractivity contribution in [2.45, 2.75) is 25.5 Å². The van der Waals surface area contributed by atoms with Crippen molar-refractivity contribution in [2.24, 2.45) is 5.73 Å². The number of imidazole rings is 1. The van der Waals surface area contributed by atoms with Crippen LogP contribution in [0.25, 0.3) is 0 Å². The van der Waals surface area contributed by atoms with Gasteiger partial charge in [-0.15, -0.1) is 0 Å². The van der Waals surface area contributed by atoms with Crippen LogP contribution in [-0.2, 0) is 22.7 Å². The lowest BCUT2D eigenvalue weighted by Gasteiger charge is -2.15. The van der Waals surface area contributed by atoms with E-state index in [9.17, 15) is 9.59 Å². The van der Waals surface area contributed by atoms with E-state index >= 15 is 0 Å². The fourth-order valence-corrected chi connectivity index (χ4v) is 2.94. The summed E-state index contributed by atoms with van der Waals surface area (Å²) in [6.07, 6.45) is 6.00. The molecular formula is C22H24N4O3. The minimum atomic E-state index is -1.04. The zero-order valence-electron chi connectivity index (χ0n) is 16.0. The smallest absolute Gasteiger partial charge is 0.237 e. The first-order valence-electron chi connectivity index (χ1n) is 9.43. The monoisotopic (exact) mass is 392 g/mol. The summed E-state index contributed by atoms with van der Waals surface area (Å²) in [4.78, 5) is 28.3. The maximum absolute atomic E-state index is 12.5. The highest BCUT2D eigenvalue weighted by molar-refractivity contribution is 6.05. The lowest BCUT2D eigenvalue weighted by molar-refractivity contribution is -0.129. The number of benzene rings is 2. The molecule has 2 amide bonds. The second-order valence-corrected chi connectivity index (χ2v) is 6.62. The van der Waals surface area contributed by atoms with E-state index in [1.54, 1.807) is 36.8 Å². The second kappa shape index (κ2) is 10.1. The number of nitrogens with zero attached hydrogens (tertiary/aromatic N) is 2. The first kappa shape index (κ1) is 20.1. The SMILES string of the molecule is NC(=O)C(C(=O)NCCCn1ccnc1)c1ccc(OCc2ccccc2)cc1. The van der Waals surface area contributed by atoms with E-state index in [-0.39, 0.29) is 0 Å². The first-order chi connectivity index (χ1) is 14.1. The van der Waals surface area contributed by atoms with Gasteiger partial charge in [0.25, 0.3) is 0 Å². The van der Waals surface area contributed by atoms with Gasteiger partial charge in [-0.2, -0.15) is 0 Å². The Morgan fingerprint density at radius 2 is 1.86 bits per heavy atom. The highest BCUT2D eigenvalue weighted by Crippen LogP contribution is 2.21. The normalized spacial score (nSPS) is 11.6. The molecule has 3 N–H and O–H groups in total. The molecule has 0 aliphatic heterocycles. The third-order valence-electron chi connectivity index (χ3n) is 4.46. The van der Waals surface area contributed by atoms with Crippen molar-refractivity contribution >= 4 is 11.8 Å². The fraction of sp³-hybridized carbons (Fsp3) is 0.227. The molecule has 1 unspecified atom stereocenters. The van der Waals surface area contributed by atoms with E-state index in [0.29, 0.717) is 24.5 Å². The van der Waals surface area contributed by atoms with Gasteiger partial charge in [-0.1, -0.05) is 42.5 Å². The van der Waals surface area contributed by atoms with Crippen molar-refractivity contribution in [3.63, 3.8) is 0 Å². The van der Waals surface area contributed by atoms with Gasteiger partial charge in [0.05, 0.1) is 6.33 Å². The Kier molecular flexibility index (Phi) is 7.00. The van der Waals surface area contributed by atoms with Gasteiger partial charge in [-0.25, -0.2) is 4.98 Å². The third-order valence-corrected chi connectivity index (χ3v) is 4.46. The Bertz CT molecular complexity index is 909. The maximum atomic E-state index is 12.5. The molecule has 0 bridgehead atoms. The van der Waals surface area contributed by atoms with E-state index in [0.717, 1.165) is 18.5 Å². The van der Waals surface area contributed by atoms with Crippen LogP contribution < -0.4 is 15.8 Å². The van der Waals surface area contributed by atoms with Crippen molar-refractivity contribution in [1.82, 2.24) is 14.9 Å². The number of nitrogens with two attached hydrogens (primary N) is 1. The number of carbonyl (C=O) groups is 2. The summed E-state index contributed by atoms with van der Waals surface area (Å²) in [5.74, 6) is -1.47. The highest BCUT2D eigenvalue weighted by atomic mass is 16.5. The molecule has 1 heterocycles. The number of aromatic nitrogens is 2. The van der Waals surface area contributed by atoms with Gasteiger partial charge in [-0.3, -0.25) is 9.59 Å². The van der Waals surface area contributed by atoms with Crippen molar-refractivity contribution in [1.29, 1.82) is 0 Å². The van der Waals surface area contributed by atoms with E-state index in [1.165, 1.54) is 0 Å². The Morgan fingerprint density at radius 1 is 1.10 bits per heavy atom. The molecule has 0 saturated heterocycles. The van der Waals surface area contributed by atoms with Gasteiger partial charge in [0.15, 0.2) is 0 Å². The summed E-state index contributed by atoms with van der Waals surface area (Å²) in [6.45, 7) is 1.62. The van der Waals surface area contributed by atoms with Crippen LogP contribution in [-0.4, -0.2) is 27.9 Å². The molecule has 3 aromatic rings. The largest absolute Gasteiger partial charge is 0.489 e. The lowest BCUT2D eigenvalue weighted by atomic mass is 9.97. The number of amides is 2. The number of primary amides is 1. The number of ether oxygens (including phenoxy) is 1. The molecule has 7 heteroatoms. The van der Waals surface area contributed by atoms with Crippen LogP contribution in [0.2, 0.25) is 0 Å². The van der Waals surface area contributed by atoms with Gasteiger partial charge in [0, 0.05) is 25.5 Å². The molecule has 0 fully saturated rings. The van der Waals surface area contributed by atoms with Crippen LogP contribution in [0.1, 0.15) is 23.5 Å². The zero-order valence-corrected chi connectivity index (χ0v) is 16.0. The van der Waals surface area contributed by atoms with Crippen LogP contribution >= 0.6 is 0 Å². The Labute approximate surface area is 169 Å². The Morgan fingerprint density at radius 3 is 2.52 bits per heavy atom. The average molecular weight is 392 g/mol. The molecule has 29 heavy (non-hydrogen) atoms. The predicted octanol–water partition coefficient (Wildman–Crippen LogP) is 2.24. The van der Waals surface area contributed by atoms with E-state index in [4.69, 9.17) is 10.5 Å². The molecule has 3 rings (SSSR count). The van der Waals surface area contributed by atoms with Crippen molar-refractivity contribution < 1.29 is 14.3 Å². The molecule has 0 spiro atoms. The van der Waals surface area contributed by atoms with Crippen molar-refractivity contribution in [2.75, 3.05) is 6.54 Å². The van der Waals surface area contributed by atoms with Crippen molar-refractivity contribution in [3.8, 4) is 5.75 Å². The summed E-state index contributed by atoms with van der Waals surface area (Å²) < 4.78 is 7.66. The highest BCUT2D eigenvalue weighted by Gasteiger charge is 2.26. The summed E-state index contributed by atoms with van der Waals surface area (Å²) in [7, 11) is 0. The van der Waals surface area contributed by atoms with Crippen LogP contribution in [0, 0.1) is 0 Å². The quantitative estimate of drug-likeness (QED) is 0.408. The number of rotatable bonds is 10. The summed E-state index contributed by atoms with van der Waals surface area (Å²) in [6, 6.07) is 16.7. The third kappa shape index (κ3) is 5.93. The standard InChI is InChI=1S/C22H24N4O3/c23-21(27)20(22(28)25-11-4-13-26-14-12-24-16-26)18-7-9-19(10-8-18)29-15-17-5-2-1-3-6-17/h1-3,5-10,12,14,16,20H,4,11,13,15H2,(H2,23,27)(H,25,28). The fourth-order valence-electron chi connectivity index (χ4n) is 2.94. The van der Waals surface area contributed by atoms with Crippen LogP contribution in [0.3, 0.4) is 0 Å². The molecular weight excluding hydrogens is 368 g/mol. The Hall–Kier alpha value is -3.61. The summed E-state index contributed by atoms with van der Waals surface area (Å²) in [5, 5.41) is 2.78. The summed E-state index contributed by atoms with van der Waals surface area (Å²) >= 11 is 0. The predicted molar refractivity (Wildman–Crippen MR) is 109 cm³/mol. The van der Waals surface area contributed by atoms with Gasteiger partial charge in [0.2, 0.25) is 11.8 Å². The van der Waals surface area contributed by atoms with Crippen LogP contribution in [0.5, 0.6) is 5.75 Å². The lowest BCUT2D eigenvalue weighted by Crippen LogP contribution is -2.37. The van der Waals surface area contributed by atoms with Gasteiger partial charge < -0.3 is 20.4 Å². The molecule has 0 aliphatic carbocycles.